The molecule has 1 N–H and O–H groups in total. The molecule has 4 atom stereocenters. The van der Waals surface area contributed by atoms with Crippen molar-refractivity contribution in [3.8, 4) is 0 Å². The summed E-state index contributed by atoms with van der Waals surface area (Å²) < 4.78 is 20.9. The minimum atomic E-state index is -1.47. The monoisotopic (exact) mass is 848 g/mol. The van der Waals surface area contributed by atoms with E-state index in [1.165, 1.54) is 57.1 Å². The molecule has 0 aromatic heterocycles. The number of ether oxygens (including phenoxy) is 4. The summed E-state index contributed by atoms with van der Waals surface area (Å²) in [7, 11) is 2.23. The van der Waals surface area contributed by atoms with E-state index in [9.17, 15) is 38.4 Å². The molecule has 0 bridgehead atoms. The van der Waals surface area contributed by atoms with Crippen LogP contribution in [0.15, 0.2) is 54.6 Å². The highest BCUT2D eigenvalue weighted by molar-refractivity contribution is 6.22. The second-order valence-corrected chi connectivity index (χ2v) is 15.7. The Morgan fingerprint density at radius 3 is 1.75 bits per heavy atom. The number of benzene rings is 2. The summed E-state index contributed by atoms with van der Waals surface area (Å²) in [5.41, 5.74) is 0.961. The molecule has 0 unspecified atom stereocenters. The van der Waals surface area contributed by atoms with Crippen molar-refractivity contribution in [2.75, 3.05) is 27.4 Å². The number of esters is 3. The number of fused-ring (bicyclic) bond motifs is 1. The van der Waals surface area contributed by atoms with Crippen LogP contribution in [0.2, 0.25) is 0 Å². The van der Waals surface area contributed by atoms with Crippen LogP contribution in [0.25, 0.3) is 0 Å². The number of methoxy groups -OCH3 is 2. The number of Topliss-reactive ketones (excluding diaryl/α,β-unsaturated/α-hetero) is 2. The first kappa shape index (κ1) is 50.1. The van der Waals surface area contributed by atoms with Gasteiger partial charge in [-0.05, 0) is 30.5 Å². The molecule has 1 heterocycles. The fraction of sp³-hybridized carbons (Fsp3) is 0.574. The average molecular weight is 849 g/mol. The second kappa shape index (κ2) is 27.6. The van der Waals surface area contributed by atoms with Crippen LogP contribution < -0.4 is 5.32 Å². The molecule has 3 rings (SSSR count). The highest BCUT2D eigenvalue weighted by Crippen LogP contribution is 2.25. The van der Waals surface area contributed by atoms with E-state index in [1.807, 2.05) is 6.07 Å². The quantitative estimate of drug-likeness (QED) is 0.0359. The third-order valence-electron chi connectivity index (χ3n) is 10.8. The zero-order chi connectivity index (χ0) is 44.6. The Morgan fingerprint density at radius 2 is 1.18 bits per heavy atom. The van der Waals surface area contributed by atoms with E-state index in [4.69, 9.17) is 18.9 Å². The van der Waals surface area contributed by atoms with Gasteiger partial charge in [0.05, 0.1) is 44.5 Å². The summed E-state index contributed by atoms with van der Waals surface area (Å²) in [5.74, 6) is -6.79. The minimum Gasteiger partial charge on any atom is -0.469 e. The van der Waals surface area contributed by atoms with Gasteiger partial charge in [0.15, 0.2) is 6.04 Å². The predicted molar refractivity (Wildman–Crippen MR) is 226 cm³/mol. The molecule has 0 saturated heterocycles. The standard InChI is InChI=1S/C47H64N2O12/c1-5-6-7-8-9-10-11-12-13-14-18-23-36(50)28-33(2)42(52)48-40(46(56)61-30-34-21-16-15-17-22-34)27-26-37(51)29-35(45(55)58-3)31-60-32-41(47(57)59-4)49-43(53)38-24-19-20-25-39(38)44(49)54/h15-17,19-22,24-25,33,35,40-41H,5-14,18,23,26-32H2,1-4H3,(H,48,52)/t33-,35+,40-,41-/m1/s1. The third kappa shape index (κ3) is 17.0. The van der Waals surface area contributed by atoms with Crippen molar-refractivity contribution in [1.82, 2.24) is 10.2 Å². The van der Waals surface area contributed by atoms with E-state index in [0.717, 1.165) is 50.4 Å². The third-order valence-corrected chi connectivity index (χ3v) is 10.8. The molecule has 0 aliphatic carbocycles. The van der Waals surface area contributed by atoms with Crippen molar-refractivity contribution >= 4 is 47.2 Å². The molecular weight excluding hydrogens is 785 g/mol. The Kier molecular flexibility index (Phi) is 22.7. The Balaban J connectivity index is 1.54. The van der Waals surface area contributed by atoms with Gasteiger partial charge in [-0.3, -0.25) is 33.7 Å². The fourth-order valence-electron chi connectivity index (χ4n) is 7.17. The molecule has 14 heteroatoms. The van der Waals surface area contributed by atoms with Crippen LogP contribution in [-0.4, -0.2) is 91.6 Å². The second-order valence-electron chi connectivity index (χ2n) is 15.7. The number of nitrogens with zero attached hydrogens (tertiary/aromatic N) is 1. The largest absolute Gasteiger partial charge is 0.469 e. The molecule has 14 nitrogen and oxygen atoms in total. The maximum atomic E-state index is 13.3. The topological polar surface area (TPSA) is 189 Å². The number of unbranched alkanes of at least 4 members (excludes halogenated alkanes) is 10. The number of imide groups is 1. The molecule has 0 saturated carbocycles. The number of nitrogens with one attached hydrogen (secondary N) is 1. The summed E-state index contributed by atoms with van der Waals surface area (Å²) in [6, 6.07) is 12.3. The molecule has 3 amide bonds. The summed E-state index contributed by atoms with van der Waals surface area (Å²) in [6.07, 6.45) is 12.4. The molecule has 1 aliphatic rings. The van der Waals surface area contributed by atoms with E-state index in [1.54, 1.807) is 43.3 Å². The number of carbonyl (C=O) groups is 8. The Hall–Kier alpha value is -5.24. The number of amides is 3. The first-order chi connectivity index (χ1) is 29.4. The van der Waals surface area contributed by atoms with Crippen LogP contribution in [0.3, 0.4) is 0 Å². The van der Waals surface area contributed by atoms with E-state index >= 15 is 0 Å². The lowest BCUT2D eigenvalue weighted by Crippen LogP contribution is -2.48. The van der Waals surface area contributed by atoms with Crippen LogP contribution >= 0.6 is 0 Å². The van der Waals surface area contributed by atoms with Crippen molar-refractivity contribution in [1.29, 1.82) is 0 Å². The number of hydrogen-bond acceptors (Lipinski definition) is 12. The van der Waals surface area contributed by atoms with E-state index in [0.29, 0.717) is 6.42 Å². The van der Waals surface area contributed by atoms with Crippen molar-refractivity contribution in [3.63, 3.8) is 0 Å². The normalized spacial score (nSPS) is 14.1. The van der Waals surface area contributed by atoms with Crippen LogP contribution in [0.5, 0.6) is 0 Å². The van der Waals surface area contributed by atoms with E-state index < -0.39 is 78.5 Å². The van der Waals surface area contributed by atoms with Crippen molar-refractivity contribution in [3.05, 3.63) is 71.3 Å². The van der Waals surface area contributed by atoms with Crippen molar-refractivity contribution in [2.24, 2.45) is 11.8 Å². The highest BCUT2D eigenvalue weighted by atomic mass is 16.5. The summed E-state index contributed by atoms with van der Waals surface area (Å²) in [6.45, 7) is 2.82. The fourth-order valence-corrected chi connectivity index (χ4v) is 7.17. The van der Waals surface area contributed by atoms with Gasteiger partial charge >= 0.3 is 17.9 Å². The predicted octanol–water partition coefficient (Wildman–Crippen LogP) is 6.89. The van der Waals surface area contributed by atoms with Crippen LogP contribution in [0, 0.1) is 11.8 Å². The van der Waals surface area contributed by atoms with Crippen molar-refractivity contribution in [2.45, 2.75) is 135 Å². The molecule has 1 aliphatic heterocycles. The molecule has 2 aromatic rings. The maximum absolute atomic E-state index is 13.3. The van der Waals surface area contributed by atoms with Crippen LogP contribution in [0.4, 0.5) is 0 Å². The van der Waals surface area contributed by atoms with E-state index in [2.05, 4.69) is 12.2 Å². The Labute approximate surface area is 359 Å². The Morgan fingerprint density at radius 1 is 0.639 bits per heavy atom. The molecule has 61 heavy (non-hydrogen) atoms. The van der Waals surface area contributed by atoms with Gasteiger partial charge in [-0.2, -0.15) is 0 Å². The lowest BCUT2D eigenvalue weighted by molar-refractivity contribution is -0.152. The van der Waals surface area contributed by atoms with Gasteiger partial charge in [-0.1, -0.05) is 121 Å². The summed E-state index contributed by atoms with van der Waals surface area (Å²) in [4.78, 5) is 105. The highest BCUT2D eigenvalue weighted by Gasteiger charge is 2.43. The van der Waals surface area contributed by atoms with E-state index in [-0.39, 0.29) is 49.2 Å². The van der Waals surface area contributed by atoms with Gasteiger partial charge in [0, 0.05) is 31.6 Å². The molecule has 0 fully saturated rings. The summed E-state index contributed by atoms with van der Waals surface area (Å²) >= 11 is 0. The zero-order valence-corrected chi connectivity index (χ0v) is 36.3. The molecular formula is C47H64N2O12. The van der Waals surface area contributed by atoms with Crippen LogP contribution in [-0.2, 0) is 54.3 Å². The number of ketones is 2. The molecule has 0 radical (unpaired) electrons. The zero-order valence-electron chi connectivity index (χ0n) is 36.3. The number of rotatable bonds is 31. The first-order valence-corrected chi connectivity index (χ1v) is 21.7. The van der Waals surface area contributed by atoms with Gasteiger partial charge in [0.2, 0.25) is 5.91 Å². The van der Waals surface area contributed by atoms with Gasteiger partial charge in [0.1, 0.15) is 24.2 Å². The van der Waals surface area contributed by atoms with Crippen LogP contribution in [0.1, 0.15) is 143 Å². The average Bonchev–Trinajstić information content (AvgIpc) is 3.52. The minimum absolute atomic E-state index is 0.0129. The lowest BCUT2D eigenvalue weighted by Gasteiger charge is -2.24. The van der Waals surface area contributed by atoms with Gasteiger partial charge in [-0.25, -0.2) is 9.59 Å². The van der Waals surface area contributed by atoms with Gasteiger partial charge < -0.3 is 24.3 Å². The van der Waals surface area contributed by atoms with Crippen molar-refractivity contribution < 1.29 is 57.3 Å². The lowest BCUT2D eigenvalue weighted by atomic mass is 9.97. The Bertz CT molecular complexity index is 1730. The first-order valence-electron chi connectivity index (χ1n) is 21.7. The molecule has 2 aromatic carbocycles. The smallest absolute Gasteiger partial charge is 0.331 e. The maximum Gasteiger partial charge on any atom is 0.331 e. The summed E-state index contributed by atoms with van der Waals surface area (Å²) in [5, 5.41) is 2.68. The molecule has 334 valence electrons. The van der Waals surface area contributed by atoms with Gasteiger partial charge in [0.25, 0.3) is 11.8 Å². The number of hydrogen-bond donors (Lipinski definition) is 1. The number of carbonyl (C=O) groups excluding carboxylic acids is 8. The molecule has 0 spiro atoms. The SMILES string of the molecule is CCCCCCCCCCCCCC(=O)C[C@@H](C)C(=O)N[C@H](CCC(=O)C[C@@H](COC[C@H](C(=O)OC)N1C(=O)c2ccccc2C1=O)C(=O)OC)C(=O)OCc1ccccc1. The van der Waals surface area contributed by atoms with Gasteiger partial charge in [-0.15, -0.1) is 0 Å².